The summed E-state index contributed by atoms with van der Waals surface area (Å²) in [5.41, 5.74) is 7.30. The molecule has 2 aromatic rings. The number of aromatic nitrogens is 2. The van der Waals surface area contributed by atoms with Gasteiger partial charge in [0.2, 0.25) is 0 Å². The molecule has 0 spiro atoms. The summed E-state index contributed by atoms with van der Waals surface area (Å²) in [5, 5.41) is 1.97. The molecule has 2 aromatic heterocycles. The van der Waals surface area contributed by atoms with Gasteiger partial charge < -0.3 is 10.5 Å². The number of hydrogen-bond donors (Lipinski definition) is 1. The van der Waals surface area contributed by atoms with Crippen molar-refractivity contribution in [1.29, 1.82) is 0 Å². The molecule has 2 rings (SSSR count). The summed E-state index contributed by atoms with van der Waals surface area (Å²) in [7, 11) is 0. The number of hydrogen-bond acceptors (Lipinski definition) is 6. The smallest absolute Gasteiger partial charge is 0.149 e. The van der Waals surface area contributed by atoms with Crippen LogP contribution in [0.2, 0.25) is 0 Å². The standard InChI is InChI=1S/C15H21N3OS2/c1-15(2,3)11-6-13(8-17-7-11)19-9-12(16)10-21-14-18-4-5-20-14/h4-8,12H,9-10,16H2,1-3H3/t12-/m1/s1. The van der Waals surface area contributed by atoms with Gasteiger partial charge in [0.15, 0.2) is 0 Å². The van der Waals surface area contributed by atoms with E-state index in [-0.39, 0.29) is 11.5 Å². The molecule has 6 heteroatoms. The molecule has 0 amide bonds. The zero-order valence-corrected chi connectivity index (χ0v) is 14.2. The van der Waals surface area contributed by atoms with Gasteiger partial charge in [0, 0.05) is 29.6 Å². The summed E-state index contributed by atoms with van der Waals surface area (Å²) in [5.74, 6) is 1.57. The first-order valence-electron chi connectivity index (χ1n) is 6.81. The molecule has 0 aliphatic carbocycles. The molecule has 4 nitrogen and oxygen atoms in total. The lowest BCUT2D eigenvalue weighted by Gasteiger charge is -2.19. The molecule has 114 valence electrons. The molecule has 0 radical (unpaired) electrons. The summed E-state index contributed by atoms with van der Waals surface area (Å²) < 4.78 is 6.80. The molecule has 0 aromatic carbocycles. The van der Waals surface area contributed by atoms with Crippen LogP contribution in [0.4, 0.5) is 0 Å². The Balaban J connectivity index is 1.82. The van der Waals surface area contributed by atoms with E-state index in [9.17, 15) is 0 Å². The third-order valence-corrected chi connectivity index (χ3v) is 5.03. The average molecular weight is 323 g/mol. The van der Waals surface area contributed by atoms with Gasteiger partial charge in [-0.25, -0.2) is 4.98 Å². The SMILES string of the molecule is CC(C)(C)c1cncc(OC[C@@H](N)CSc2nccs2)c1. The molecule has 2 heterocycles. The molecule has 0 fully saturated rings. The highest BCUT2D eigenvalue weighted by Crippen LogP contribution is 2.25. The Morgan fingerprint density at radius 1 is 1.38 bits per heavy atom. The maximum absolute atomic E-state index is 6.07. The fourth-order valence-electron chi connectivity index (χ4n) is 1.62. The summed E-state index contributed by atoms with van der Waals surface area (Å²) >= 11 is 3.29. The van der Waals surface area contributed by atoms with Gasteiger partial charge in [-0.2, -0.15) is 0 Å². The number of nitrogens with zero attached hydrogens (tertiary/aromatic N) is 2. The Hall–Kier alpha value is -1.11. The summed E-state index contributed by atoms with van der Waals surface area (Å²) in [6, 6.07) is 2.01. The number of thioether (sulfide) groups is 1. The molecule has 1 atom stereocenters. The van der Waals surface area contributed by atoms with Crippen molar-refractivity contribution in [3.8, 4) is 5.75 Å². The second-order valence-electron chi connectivity index (χ2n) is 5.84. The van der Waals surface area contributed by atoms with Crippen LogP contribution in [0.15, 0.2) is 34.4 Å². The Kier molecular flexibility index (Phi) is 5.61. The zero-order valence-electron chi connectivity index (χ0n) is 12.6. The minimum atomic E-state index is -0.0304. The van der Waals surface area contributed by atoms with E-state index in [4.69, 9.17) is 10.5 Å². The number of ether oxygens (including phenoxy) is 1. The largest absolute Gasteiger partial charge is 0.490 e. The predicted octanol–water partition coefficient (Wildman–Crippen LogP) is 3.33. The van der Waals surface area contributed by atoms with Crippen molar-refractivity contribution in [1.82, 2.24) is 9.97 Å². The first-order chi connectivity index (χ1) is 9.95. The van der Waals surface area contributed by atoms with E-state index in [1.165, 1.54) is 0 Å². The van der Waals surface area contributed by atoms with Crippen molar-refractivity contribution in [2.24, 2.45) is 5.73 Å². The molecular formula is C15H21N3OS2. The highest BCUT2D eigenvalue weighted by molar-refractivity contribution is 8.01. The lowest BCUT2D eigenvalue weighted by molar-refractivity contribution is 0.296. The van der Waals surface area contributed by atoms with Crippen LogP contribution >= 0.6 is 23.1 Å². The highest BCUT2D eigenvalue weighted by atomic mass is 32.2. The Labute approximate surface area is 134 Å². The Morgan fingerprint density at radius 2 is 2.19 bits per heavy atom. The van der Waals surface area contributed by atoms with Crippen LogP contribution in [0.5, 0.6) is 5.75 Å². The maximum atomic E-state index is 6.07. The molecule has 0 saturated carbocycles. The van der Waals surface area contributed by atoms with Gasteiger partial charge in [0.1, 0.15) is 16.7 Å². The topological polar surface area (TPSA) is 61.0 Å². The van der Waals surface area contributed by atoms with Crippen molar-refractivity contribution in [2.45, 2.75) is 36.6 Å². The van der Waals surface area contributed by atoms with Gasteiger partial charge in [0.25, 0.3) is 0 Å². The summed E-state index contributed by atoms with van der Waals surface area (Å²) in [6.07, 6.45) is 5.42. The highest BCUT2D eigenvalue weighted by Gasteiger charge is 2.15. The average Bonchev–Trinajstić information content (AvgIpc) is 2.95. The lowest BCUT2D eigenvalue weighted by Crippen LogP contribution is -2.30. The number of pyridine rings is 1. The van der Waals surface area contributed by atoms with Crippen LogP contribution in [0, 0.1) is 0 Å². The van der Waals surface area contributed by atoms with Gasteiger partial charge in [-0.1, -0.05) is 32.5 Å². The summed E-state index contributed by atoms with van der Waals surface area (Å²) in [4.78, 5) is 8.46. The first kappa shape index (κ1) is 16.3. The van der Waals surface area contributed by atoms with Crippen LogP contribution in [-0.4, -0.2) is 28.4 Å². The normalized spacial score (nSPS) is 13.1. The fourth-order valence-corrected chi connectivity index (χ4v) is 3.21. The Bertz CT molecular complexity index is 552. The number of nitrogens with two attached hydrogens (primary N) is 1. The van der Waals surface area contributed by atoms with Gasteiger partial charge in [0.05, 0.1) is 6.20 Å². The predicted molar refractivity (Wildman–Crippen MR) is 89.2 cm³/mol. The second-order valence-corrected chi connectivity index (χ2v) is 8.00. The zero-order chi connectivity index (χ0) is 15.3. The fraction of sp³-hybridized carbons (Fsp3) is 0.467. The molecule has 0 aliphatic heterocycles. The van der Waals surface area contributed by atoms with Gasteiger partial charge >= 0.3 is 0 Å². The molecule has 0 saturated heterocycles. The lowest BCUT2D eigenvalue weighted by atomic mass is 9.88. The molecule has 0 bridgehead atoms. The van der Waals surface area contributed by atoms with Gasteiger partial charge in [-0.3, -0.25) is 4.98 Å². The van der Waals surface area contributed by atoms with Gasteiger partial charge in [-0.05, 0) is 17.0 Å². The quantitative estimate of drug-likeness (QED) is 0.826. The monoisotopic (exact) mass is 323 g/mol. The van der Waals surface area contributed by atoms with Gasteiger partial charge in [-0.15, -0.1) is 11.3 Å². The molecule has 21 heavy (non-hydrogen) atoms. The molecule has 0 aliphatic rings. The van der Waals surface area contributed by atoms with Crippen LogP contribution in [0.1, 0.15) is 26.3 Å². The first-order valence-corrected chi connectivity index (χ1v) is 8.68. The van der Waals surface area contributed by atoms with E-state index in [2.05, 4.69) is 30.7 Å². The maximum Gasteiger partial charge on any atom is 0.149 e. The second kappa shape index (κ2) is 7.24. The minimum absolute atomic E-state index is 0.0304. The van der Waals surface area contributed by atoms with Crippen molar-refractivity contribution < 1.29 is 4.74 Å². The van der Waals surface area contributed by atoms with E-state index in [0.717, 1.165) is 21.4 Å². The van der Waals surface area contributed by atoms with E-state index in [0.29, 0.717) is 6.61 Å². The van der Waals surface area contributed by atoms with Crippen LogP contribution in [0.3, 0.4) is 0 Å². The van der Waals surface area contributed by atoms with Crippen LogP contribution in [-0.2, 0) is 5.41 Å². The molecular weight excluding hydrogens is 302 g/mol. The van der Waals surface area contributed by atoms with E-state index < -0.39 is 0 Å². The van der Waals surface area contributed by atoms with Crippen molar-refractivity contribution in [2.75, 3.05) is 12.4 Å². The van der Waals surface area contributed by atoms with Crippen molar-refractivity contribution in [3.63, 3.8) is 0 Å². The molecule has 2 N–H and O–H groups in total. The van der Waals surface area contributed by atoms with E-state index in [1.807, 2.05) is 17.6 Å². The minimum Gasteiger partial charge on any atom is -0.490 e. The number of rotatable bonds is 6. The van der Waals surface area contributed by atoms with Crippen LogP contribution in [0.25, 0.3) is 0 Å². The van der Waals surface area contributed by atoms with E-state index >= 15 is 0 Å². The third kappa shape index (κ3) is 5.30. The van der Waals surface area contributed by atoms with Crippen molar-refractivity contribution >= 4 is 23.1 Å². The third-order valence-electron chi connectivity index (χ3n) is 2.87. The Morgan fingerprint density at radius 3 is 2.86 bits per heavy atom. The van der Waals surface area contributed by atoms with Crippen molar-refractivity contribution in [3.05, 3.63) is 35.6 Å². The molecule has 0 unspecified atom stereocenters. The number of thiazole rings is 1. The van der Waals surface area contributed by atoms with Crippen LogP contribution < -0.4 is 10.5 Å². The summed E-state index contributed by atoms with van der Waals surface area (Å²) in [6.45, 7) is 6.95. The van der Waals surface area contributed by atoms with E-state index in [1.54, 1.807) is 35.5 Å².